The fourth-order valence-electron chi connectivity index (χ4n) is 2.05. The van der Waals surface area contributed by atoms with Crippen molar-refractivity contribution in [3.63, 3.8) is 0 Å². The molecule has 7 nitrogen and oxygen atoms in total. The molecule has 2 rings (SSSR count). The van der Waals surface area contributed by atoms with E-state index in [4.69, 9.17) is 0 Å². The van der Waals surface area contributed by atoms with E-state index < -0.39 is 0 Å². The highest BCUT2D eigenvalue weighted by molar-refractivity contribution is 5.30. The first-order valence-corrected chi connectivity index (χ1v) is 6.26. The van der Waals surface area contributed by atoms with Crippen molar-refractivity contribution in [3.8, 4) is 0 Å². The van der Waals surface area contributed by atoms with Gasteiger partial charge in [-0.15, -0.1) is 10.2 Å². The molecule has 0 aliphatic carbocycles. The molecule has 0 amide bonds. The number of anilines is 1. The summed E-state index contributed by atoms with van der Waals surface area (Å²) in [4.78, 5) is 6.38. The summed E-state index contributed by atoms with van der Waals surface area (Å²) in [5.74, 6) is 1.87. The lowest BCUT2D eigenvalue weighted by Crippen LogP contribution is -2.22. The molecule has 2 aromatic heterocycles. The Balaban J connectivity index is 2.01. The summed E-state index contributed by atoms with van der Waals surface area (Å²) < 4.78 is 4.00. The summed E-state index contributed by atoms with van der Waals surface area (Å²) in [6.07, 6.45) is 3.60. The van der Waals surface area contributed by atoms with Gasteiger partial charge >= 0.3 is 0 Å². The van der Waals surface area contributed by atoms with E-state index in [9.17, 15) is 0 Å². The van der Waals surface area contributed by atoms with Crippen molar-refractivity contribution >= 4 is 5.95 Å². The SMILES string of the molecule is CC(NCc1cnc(N(C)C)n1C)c1nncn1C. The molecule has 0 saturated heterocycles. The van der Waals surface area contributed by atoms with Crippen molar-refractivity contribution in [1.29, 1.82) is 0 Å². The largest absolute Gasteiger partial charge is 0.348 e. The molecule has 19 heavy (non-hydrogen) atoms. The summed E-state index contributed by atoms with van der Waals surface area (Å²) in [5.41, 5.74) is 1.14. The monoisotopic (exact) mass is 263 g/mol. The molecule has 0 radical (unpaired) electrons. The molecule has 2 aromatic rings. The van der Waals surface area contributed by atoms with Crippen LogP contribution >= 0.6 is 0 Å². The maximum Gasteiger partial charge on any atom is 0.204 e. The van der Waals surface area contributed by atoms with Crippen LogP contribution in [0.25, 0.3) is 0 Å². The summed E-state index contributed by atoms with van der Waals surface area (Å²) in [6.45, 7) is 2.82. The first-order chi connectivity index (χ1) is 9.00. The average molecular weight is 263 g/mol. The Labute approximate surface area is 113 Å². The number of nitrogens with zero attached hydrogens (tertiary/aromatic N) is 6. The Bertz CT molecular complexity index is 540. The highest BCUT2D eigenvalue weighted by Gasteiger charge is 2.13. The van der Waals surface area contributed by atoms with Crippen molar-refractivity contribution in [2.24, 2.45) is 14.1 Å². The standard InChI is InChI=1S/C12H21N7/c1-9(11-16-15-8-18(11)4)13-6-10-7-14-12(17(2)3)19(10)5/h7-9,13H,6H2,1-5H3. The summed E-state index contributed by atoms with van der Waals surface area (Å²) in [6, 6.07) is 0.144. The van der Waals surface area contributed by atoms with E-state index >= 15 is 0 Å². The lowest BCUT2D eigenvalue weighted by Gasteiger charge is -2.15. The van der Waals surface area contributed by atoms with E-state index in [1.807, 2.05) is 43.9 Å². The third kappa shape index (κ3) is 2.76. The van der Waals surface area contributed by atoms with Gasteiger partial charge in [-0.1, -0.05) is 0 Å². The minimum Gasteiger partial charge on any atom is -0.348 e. The predicted octanol–water partition coefficient (Wildman–Crippen LogP) is 0.465. The Morgan fingerprint density at radius 3 is 2.63 bits per heavy atom. The second-order valence-corrected chi connectivity index (χ2v) is 4.91. The molecule has 0 saturated carbocycles. The van der Waals surface area contributed by atoms with Crippen LogP contribution in [0.4, 0.5) is 5.95 Å². The van der Waals surface area contributed by atoms with Crippen LogP contribution in [0.15, 0.2) is 12.5 Å². The van der Waals surface area contributed by atoms with Crippen LogP contribution in [0.2, 0.25) is 0 Å². The van der Waals surface area contributed by atoms with Gasteiger partial charge in [0, 0.05) is 34.7 Å². The van der Waals surface area contributed by atoms with E-state index in [1.54, 1.807) is 6.33 Å². The van der Waals surface area contributed by atoms with Gasteiger partial charge < -0.3 is 19.4 Å². The highest BCUT2D eigenvalue weighted by atomic mass is 15.3. The van der Waals surface area contributed by atoms with Gasteiger partial charge in [0.05, 0.1) is 17.9 Å². The van der Waals surface area contributed by atoms with Gasteiger partial charge in [0.1, 0.15) is 12.2 Å². The number of nitrogens with one attached hydrogen (secondary N) is 1. The fraction of sp³-hybridized carbons (Fsp3) is 0.583. The summed E-state index contributed by atoms with van der Waals surface area (Å²) in [5, 5.41) is 11.4. The van der Waals surface area contributed by atoms with E-state index in [-0.39, 0.29) is 6.04 Å². The van der Waals surface area contributed by atoms with Gasteiger partial charge in [-0.25, -0.2) is 4.98 Å². The Morgan fingerprint density at radius 1 is 1.37 bits per heavy atom. The maximum absolute atomic E-state index is 4.39. The number of aromatic nitrogens is 5. The first-order valence-electron chi connectivity index (χ1n) is 6.26. The highest BCUT2D eigenvalue weighted by Crippen LogP contribution is 2.13. The molecule has 0 aliphatic heterocycles. The van der Waals surface area contributed by atoms with Crippen LogP contribution in [0.1, 0.15) is 24.5 Å². The Morgan fingerprint density at radius 2 is 2.11 bits per heavy atom. The van der Waals surface area contributed by atoms with Crippen molar-refractivity contribution in [3.05, 3.63) is 24.0 Å². The normalized spacial score (nSPS) is 12.7. The maximum atomic E-state index is 4.39. The molecule has 0 bridgehead atoms. The minimum absolute atomic E-state index is 0.144. The van der Waals surface area contributed by atoms with Gasteiger partial charge in [0.15, 0.2) is 0 Å². The molecule has 104 valence electrons. The van der Waals surface area contributed by atoms with E-state index in [0.29, 0.717) is 0 Å². The average Bonchev–Trinajstić information content (AvgIpc) is 2.93. The molecule has 1 unspecified atom stereocenters. The van der Waals surface area contributed by atoms with Gasteiger partial charge in [-0.3, -0.25) is 0 Å². The molecule has 0 aliphatic rings. The smallest absolute Gasteiger partial charge is 0.204 e. The van der Waals surface area contributed by atoms with Crippen molar-refractivity contribution in [2.75, 3.05) is 19.0 Å². The van der Waals surface area contributed by atoms with Crippen molar-refractivity contribution < 1.29 is 0 Å². The zero-order chi connectivity index (χ0) is 14.0. The predicted molar refractivity (Wildman–Crippen MR) is 73.8 cm³/mol. The zero-order valence-electron chi connectivity index (χ0n) is 12.1. The second-order valence-electron chi connectivity index (χ2n) is 4.91. The van der Waals surface area contributed by atoms with Crippen LogP contribution in [0, 0.1) is 0 Å². The third-order valence-corrected chi connectivity index (χ3v) is 3.18. The molecule has 0 fully saturated rings. The zero-order valence-corrected chi connectivity index (χ0v) is 12.1. The van der Waals surface area contributed by atoms with Gasteiger partial charge in [0.2, 0.25) is 5.95 Å². The molecular formula is C12H21N7. The fourth-order valence-corrected chi connectivity index (χ4v) is 2.05. The van der Waals surface area contributed by atoms with Gasteiger partial charge in [0.25, 0.3) is 0 Å². The molecule has 7 heteroatoms. The quantitative estimate of drug-likeness (QED) is 0.849. The van der Waals surface area contributed by atoms with E-state index in [2.05, 4.69) is 32.0 Å². The lowest BCUT2D eigenvalue weighted by molar-refractivity contribution is 0.517. The van der Waals surface area contributed by atoms with Crippen LogP contribution in [-0.4, -0.2) is 38.4 Å². The molecular weight excluding hydrogens is 242 g/mol. The molecule has 0 aromatic carbocycles. The van der Waals surface area contributed by atoms with Gasteiger partial charge in [-0.2, -0.15) is 0 Å². The van der Waals surface area contributed by atoms with Crippen LogP contribution < -0.4 is 10.2 Å². The number of imidazole rings is 1. The Kier molecular flexibility index (Phi) is 3.84. The first kappa shape index (κ1) is 13.5. The minimum atomic E-state index is 0.144. The second kappa shape index (κ2) is 5.40. The molecule has 0 spiro atoms. The van der Waals surface area contributed by atoms with E-state index in [0.717, 1.165) is 24.0 Å². The molecule has 2 heterocycles. The van der Waals surface area contributed by atoms with Crippen LogP contribution in [0.3, 0.4) is 0 Å². The number of hydrogen-bond donors (Lipinski definition) is 1. The van der Waals surface area contributed by atoms with Crippen molar-refractivity contribution in [1.82, 2.24) is 29.6 Å². The third-order valence-electron chi connectivity index (χ3n) is 3.18. The number of aryl methyl sites for hydroxylation is 1. The lowest BCUT2D eigenvalue weighted by atomic mass is 10.3. The Hall–Kier alpha value is -1.89. The van der Waals surface area contributed by atoms with Crippen molar-refractivity contribution in [2.45, 2.75) is 19.5 Å². The van der Waals surface area contributed by atoms with Crippen LogP contribution in [0.5, 0.6) is 0 Å². The van der Waals surface area contributed by atoms with Gasteiger partial charge in [-0.05, 0) is 6.92 Å². The number of rotatable bonds is 5. The molecule has 1 atom stereocenters. The topological polar surface area (TPSA) is 63.8 Å². The van der Waals surface area contributed by atoms with E-state index in [1.165, 1.54) is 0 Å². The summed E-state index contributed by atoms with van der Waals surface area (Å²) in [7, 11) is 7.94. The molecule has 1 N–H and O–H groups in total. The van der Waals surface area contributed by atoms with Crippen LogP contribution in [-0.2, 0) is 20.6 Å². The summed E-state index contributed by atoms with van der Waals surface area (Å²) >= 11 is 0. The number of hydrogen-bond acceptors (Lipinski definition) is 5.